The Kier molecular flexibility index (Phi) is 11.2. The molecule has 0 aromatic carbocycles. The van der Waals surface area contributed by atoms with Crippen molar-refractivity contribution in [1.29, 1.82) is 0 Å². The van der Waals surface area contributed by atoms with Crippen molar-refractivity contribution in [2.45, 2.75) is 98.3 Å². The van der Waals surface area contributed by atoms with Crippen molar-refractivity contribution < 1.29 is 27.7 Å². The van der Waals surface area contributed by atoms with E-state index in [9.17, 15) is 9.36 Å². The molecule has 1 heterocycles. The third-order valence-electron chi connectivity index (χ3n) is 4.24. The van der Waals surface area contributed by atoms with Gasteiger partial charge in [0.05, 0.1) is 19.6 Å². The van der Waals surface area contributed by atoms with Gasteiger partial charge in [-0.25, -0.2) is 0 Å². The molecule has 8 nitrogen and oxygen atoms in total. The molecule has 0 bridgehead atoms. The number of unbranched alkanes of at least 4 members (excludes halogenated alkanes) is 2. The Balaban J connectivity index is 2.88. The van der Waals surface area contributed by atoms with Crippen LogP contribution in [0.5, 0.6) is 0 Å². The van der Waals surface area contributed by atoms with E-state index in [4.69, 9.17) is 18.3 Å². The fraction of sp³-hybridized carbons (Fsp3) is 0.857. The van der Waals surface area contributed by atoms with E-state index in [1.54, 1.807) is 34.6 Å². The van der Waals surface area contributed by atoms with Gasteiger partial charge in [0.2, 0.25) is 5.89 Å². The minimum Gasteiger partial charge on any atom is -0.459 e. The van der Waals surface area contributed by atoms with Crippen molar-refractivity contribution in [3.05, 3.63) is 11.7 Å². The summed E-state index contributed by atoms with van der Waals surface area (Å²) in [6.45, 7) is 13.4. The van der Waals surface area contributed by atoms with E-state index in [-0.39, 0.29) is 25.5 Å². The van der Waals surface area contributed by atoms with Gasteiger partial charge in [0, 0.05) is 6.42 Å². The fourth-order valence-corrected chi connectivity index (χ4v) is 4.77. The van der Waals surface area contributed by atoms with Gasteiger partial charge >= 0.3 is 13.6 Å². The van der Waals surface area contributed by atoms with Crippen LogP contribution in [-0.2, 0) is 36.0 Å². The summed E-state index contributed by atoms with van der Waals surface area (Å²) in [7, 11) is -3.77. The number of hydrogen-bond donors (Lipinski definition) is 0. The van der Waals surface area contributed by atoms with Crippen LogP contribution in [0.3, 0.4) is 0 Å². The molecule has 9 heteroatoms. The van der Waals surface area contributed by atoms with Gasteiger partial charge in [0.25, 0.3) is 0 Å². The number of aryl methyl sites for hydroxylation is 1. The summed E-state index contributed by atoms with van der Waals surface area (Å²) in [4.78, 5) is 17.2. The van der Waals surface area contributed by atoms with Gasteiger partial charge in [-0.3, -0.25) is 9.36 Å². The van der Waals surface area contributed by atoms with E-state index in [2.05, 4.69) is 24.0 Å². The van der Waals surface area contributed by atoms with E-state index in [0.29, 0.717) is 18.2 Å². The Labute approximate surface area is 181 Å². The predicted molar refractivity (Wildman–Crippen MR) is 116 cm³/mol. The smallest absolute Gasteiger partial charge is 0.345 e. The molecule has 1 unspecified atom stereocenters. The lowest BCUT2D eigenvalue weighted by molar-refractivity contribution is -0.154. The lowest BCUT2D eigenvalue weighted by Gasteiger charge is -2.27. The highest BCUT2D eigenvalue weighted by Crippen LogP contribution is 2.54. The lowest BCUT2D eigenvalue weighted by atomic mass is 10.0. The third-order valence-corrected chi connectivity index (χ3v) is 6.63. The quantitative estimate of drug-likeness (QED) is 0.214. The van der Waals surface area contributed by atoms with Crippen LogP contribution < -0.4 is 0 Å². The zero-order valence-electron chi connectivity index (χ0n) is 19.6. The minimum atomic E-state index is -3.77. The molecule has 1 aromatic rings. The number of rotatable bonds is 14. The maximum Gasteiger partial charge on any atom is 0.345 e. The standard InChI is InChI=1S/C21H39N2O6P/c1-8-26-30(25,27-9-2)17(20(24)28-21(5,6)7)15-19-22-18(23-29-19)14-12-10-11-13-16(3)4/h16-17H,8-15H2,1-7H3. The highest BCUT2D eigenvalue weighted by atomic mass is 31.2. The summed E-state index contributed by atoms with van der Waals surface area (Å²) in [6.07, 6.45) is 5.10. The molecular formula is C21H39N2O6P. The topological polar surface area (TPSA) is 101 Å². The Bertz CT molecular complexity index is 673. The average molecular weight is 447 g/mol. The van der Waals surface area contributed by atoms with E-state index in [0.717, 1.165) is 12.8 Å². The first-order valence-corrected chi connectivity index (χ1v) is 12.5. The number of carbonyl (C=O) groups excluding carboxylic acids is 1. The van der Waals surface area contributed by atoms with Crippen LogP contribution in [0.1, 0.15) is 85.9 Å². The van der Waals surface area contributed by atoms with Crippen LogP contribution >= 0.6 is 7.60 Å². The third kappa shape index (κ3) is 9.71. The van der Waals surface area contributed by atoms with Gasteiger partial charge in [-0.1, -0.05) is 38.3 Å². The maximum absolute atomic E-state index is 13.3. The van der Waals surface area contributed by atoms with Gasteiger partial charge in [0.1, 0.15) is 5.60 Å². The van der Waals surface area contributed by atoms with E-state index in [1.807, 2.05) is 0 Å². The number of ether oxygens (including phenoxy) is 1. The van der Waals surface area contributed by atoms with Crippen LogP contribution in [0.4, 0.5) is 0 Å². The molecule has 1 aromatic heterocycles. The molecule has 0 N–H and O–H groups in total. The second kappa shape index (κ2) is 12.6. The highest BCUT2D eigenvalue weighted by Gasteiger charge is 2.44. The molecule has 0 amide bonds. The van der Waals surface area contributed by atoms with Crippen molar-refractivity contribution in [2.75, 3.05) is 13.2 Å². The van der Waals surface area contributed by atoms with E-state index < -0.39 is 24.8 Å². The van der Waals surface area contributed by atoms with Crippen molar-refractivity contribution in [2.24, 2.45) is 5.92 Å². The molecule has 0 aliphatic heterocycles. The largest absolute Gasteiger partial charge is 0.459 e. The molecule has 0 aliphatic rings. The average Bonchev–Trinajstić information content (AvgIpc) is 3.05. The van der Waals surface area contributed by atoms with Gasteiger partial charge in [-0.05, 0) is 47.0 Å². The Morgan fingerprint density at radius 3 is 2.27 bits per heavy atom. The number of carbonyl (C=O) groups is 1. The van der Waals surface area contributed by atoms with Gasteiger partial charge in [0.15, 0.2) is 11.5 Å². The molecule has 1 rings (SSSR count). The maximum atomic E-state index is 13.3. The van der Waals surface area contributed by atoms with Crippen molar-refractivity contribution >= 4 is 13.6 Å². The van der Waals surface area contributed by atoms with Crippen molar-refractivity contribution in [3.63, 3.8) is 0 Å². The number of nitrogens with zero attached hydrogens (tertiary/aromatic N) is 2. The van der Waals surface area contributed by atoms with Crippen LogP contribution in [0.25, 0.3) is 0 Å². The zero-order valence-corrected chi connectivity index (χ0v) is 20.5. The first-order valence-electron chi connectivity index (χ1n) is 10.9. The molecule has 30 heavy (non-hydrogen) atoms. The lowest BCUT2D eigenvalue weighted by Crippen LogP contribution is -2.34. The summed E-state index contributed by atoms with van der Waals surface area (Å²) < 4.78 is 34.9. The number of aromatic nitrogens is 2. The molecular weight excluding hydrogens is 407 g/mol. The Hall–Kier alpha value is -1.24. The molecule has 174 valence electrons. The first kappa shape index (κ1) is 26.8. The van der Waals surface area contributed by atoms with Gasteiger partial charge < -0.3 is 18.3 Å². The molecule has 1 atom stereocenters. The minimum absolute atomic E-state index is 0.0630. The molecule has 0 spiro atoms. The van der Waals surface area contributed by atoms with Crippen LogP contribution in [0.2, 0.25) is 0 Å². The molecule has 0 fully saturated rings. The van der Waals surface area contributed by atoms with Gasteiger partial charge in [-0.2, -0.15) is 4.98 Å². The second-order valence-electron chi connectivity index (χ2n) is 8.73. The van der Waals surface area contributed by atoms with Crippen LogP contribution in [-0.4, -0.2) is 40.6 Å². The van der Waals surface area contributed by atoms with E-state index in [1.165, 1.54) is 12.8 Å². The zero-order chi connectivity index (χ0) is 22.8. The fourth-order valence-electron chi connectivity index (χ4n) is 2.92. The predicted octanol–water partition coefficient (Wildman–Crippen LogP) is 5.35. The van der Waals surface area contributed by atoms with E-state index >= 15 is 0 Å². The molecule has 0 saturated carbocycles. The summed E-state index contributed by atoms with van der Waals surface area (Å²) in [5, 5.41) is 4.00. The summed E-state index contributed by atoms with van der Waals surface area (Å²) in [5.41, 5.74) is -1.91. The van der Waals surface area contributed by atoms with Crippen molar-refractivity contribution in [1.82, 2.24) is 10.1 Å². The summed E-state index contributed by atoms with van der Waals surface area (Å²) >= 11 is 0. The second-order valence-corrected chi connectivity index (χ2v) is 10.9. The summed E-state index contributed by atoms with van der Waals surface area (Å²) in [6, 6.07) is 0. The SMILES string of the molecule is CCOP(=O)(OCC)C(Cc1nc(CCCCCC(C)C)no1)C(=O)OC(C)(C)C. The van der Waals surface area contributed by atoms with Crippen molar-refractivity contribution in [3.8, 4) is 0 Å². The first-order chi connectivity index (χ1) is 14.0. The summed E-state index contributed by atoms with van der Waals surface area (Å²) in [5.74, 6) is 0.849. The Morgan fingerprint density at radius 1 is 1.10 bits per heavy atom. The molecule has 0 radical (unpaired) electrons. The normalized spacial score (nSPS) is 13.6. The monoisotopic (exact) mass is 446 g/mol. The highest BCUT2D eigenvalue weighted by molar-refractivity contribution is 7.55. The van der Waals surface area contributed by atoms with Crippen LogP contribution in [0.15, 0.2) is 4.52 Å². The van der Waals surface area contributed by atoms with Crippen LogP contribution in [0, 0.1) is 5.92 Å². The Morgan fingerprint density at radius 2 is 1.73 bits per heavy atom. The van der Waals surface area contributed by atoms with Gasteiger partial charge in [-0.15, -0.1) is 0 Å². The molecule has 0 aliphatic carbocycles. The number of hydrogen-bond acceptors (Lipinski definition) is 8. The molecule has 0 saturated heterocycles. The number of esters is 1.